The Morgan fingerprint density at radius 2 is 1.76 bits per heavy atom. The molecule has 3 amide bonds. The Bertz CT molecular complexity index is 1480. The van der Waals surface area contributed by atoms with Gasteiger partial charge in [0.15, 0.2) is 0 Å². The highest BCUT2D eigenvalue weighted by molar-refractivity contribution is 7.92. The second-order valence-corrected chi connectivity index (χ2v) is 11.0. The molecule has 11 nitrogen and oxygen atoms in total. The van der Waals surface area contributed by atoms with Crippen molar-refractivity contribution in [2.24, 2.45) is 0 Å². The zero-order valence-corrected chi connectivity index (χ0v) is 22.5. The first-order valence-electron chi connectivity index (χ1n) is 11.4. The Morgan fingerprint density at radius 3 is 2.42 bits per heavy atom. The van der Waals surface area contributed by atoms with E-state index in [0.717, 1.165) is 10.4 Å². The van der Waals surface area contributed by atoms with Gasteiger partial charge in [-0.15, -0.1) is 11.3 Å². The van der Waals surface area contributed by atoms with Gasteiger partial charge in [0.25, 0.3) is 21.8 Å². The molecular formula is C25H26N4O7S2. The molecule has 38 heavy (non-hydrogen) atoms. The number of nitrogens with one attached hydrogen (secondary N) is 3. The van der Waals surface area contributed by atoms with Gasteiger partial charge in [-0.25, -0.2) is 13.2 Å². The standard InChI is InChI=1S/C25H26N4O7S2/c1-26-23(31)21-19-11-12-29(25(32)36-3)14-20(19)37-24(21)27-22(30)15-5-4-6-16(13-15)28-38(33,34)18-9-7-17(35-2)8-10-18/h4-10,13,28H,11-12,14H2,1-3H3,(H,26,31)(H,27,30). The van der Waals surface area contributed by atoms with Crippen molar-refractivity contribution >= 4 is 50.0 Å². The van der Waals surface area contributed by atoms with E-state index in [9.17, 15) is 22.8 Å². The van der Waals surface area contributed by atoms with E-state index >= 15 is 0 Å². The zero-order chi connectivity index (χ0) is 27.4. The molecule has 0 spiro atoms. The van der Waals surface area contributed by atoms with E-state index < -0.39 is 22.0 Å². The van der Waals surface area contributed by atoms with Crippen molar-refractivity contribution in [3.63, 3.8) is 0 Å². The first kappa shape index (κ1) is 26.9. The molecule has 0 saturated carbocycles. The molecule has 1 aliphatic heterocycles. The fourth-order valence-electron chi connectivity index (χ4n) is 4.01. The number of benzene rings is 2. The number of anilines is 2. The van der Waals surface area contributed by atoms with Gasteiger partial charge in [-0.05, 0) is 54.4 Å². The van der Waals surface area contributed by atoms with Gasteiger partial charge < -0.3 is 25.0 Å². The Labute approximate surface area is 223 Å². The van der Waals surface area contributed by atoms with Crippen molar-refractivity contribution in [1.29, 1.82) is 0 Å². The Kier molecular flexibility index (Phi) is 7.88. The van der Waals surface area contributed by atoms with Crippen LogP contribution in [0.4, 0.5) is 15.5 Å². The monoisotopic (exact) mass is 558 g/mol. The summed E-state index contributed by atoms with van der Waals surface area (Å²) in [5, 5.41) is 5.73. The number of hydrogen-bond donors (Lipinski definition) is 3. The number of thiophene rings is 1. The molecule has 4 rings (SSSR count). The zero-order valence-electron chi connectivity index (χ0n) is 20.9. The van der Waals surface area contributed by atoms with Crippen molar-refractivity contribution in [1.82, 2.24) is 10.2 Å². The molecule has 0 aliphatic carbocycles. The number of carbonyl (C=O) groups excluding carboxylic acids is 3. The van der Waals surface area contributed by atoms with Crippen molar-refractivity contribution in [2.75, 3.05) is 37.9 Å². The number of carbonyl (C=O) groups is 3. The summed E-state index contributed by atoms with van der Waals surface area (Å²) in [4.78, 5) is 40.2. The van der Waals surface area contributed by atoms with Crippen LogP contribution in [-0.4, -0.2) is 59.0 Å². The summed E-state index contributed by atoms with van der Waals surface area (Å²) in [6.45, 7) is 0.638. The normalized spacial score (nSPS) is 12.8. The predicted octanol–water partition coefficient (Wildman–Crippen LogP) is 3.29. The van der Waals surface area contributed by atoms with E-state index in [1.807, 2.05) is 0 Å². The fraction of sp³-hybridized carbons (Fsp3) is 0.240. The molecule has 13 heteroatoms. The summed E-state index contributed by atoms with van der Waals surface area (Å²) in [5.74, 6) is -0.360. The third-order valence-corrected chi connectivity index (χ3v) is 8.45. The van der Waals surface area contributed by atoms with E-state index in [0.29, 0.717) is 29.3 Å². The van der Waals surface area contributed by atoms with E-state index in [-0.39, 0.29) is 28.6 Å². The number of fused-ring (bicyclic) bond motifs is 1. The molecule has 0 unspecified atom stereocenters. The molecule has 3 aromatic rings. The maximum absolute atomic E-state index is 13.2. The molecule has 0 radical (unpaired) electrons. The summed E-state index contributed by atoms with van der Waals surface area (Å²) in [6, 6.07) is 11.9. The van der Waals surface area contributed by atoms with Gasteiger partial charge >= 0.3 is 6.09 Å². The van der Waals surface area contributed by atoms with Crippen LogP contribution in [0.25, 0.3) is 0 Å². The van der Waals surface area contributed by atoms with E-state index in [2.05, 4.69) is 15.4 Å². The van der Waals surface area contributed by atoms with Crippen LogP contribution < -0.4 is 20.1 Å². The highest BCUT2D eigenvalue weighted by Crippen LogP contribution is 2.37. The van der Waals surface area contributed by atoms with Crippen LogP contribution in [0.1, 0.15) is 31.2 Å². The molecule has 0 fully saturated rings. The van der Waals surface area contributed by atoms with Crippen LogP contribution in [0.5, 0.6) is 5.75 Å². The third kappa shape index (κ3) is 5.58. The third-order valence-electron chi connectivity index (χ3n) is 5.92. The number of hydrogen-bond acceptors (Lipinski definition) is 8. The average Bonchev–Trinajstić information content (AvgIpc) is 3.28. The highest BCUT2D eigenvalue weighted by Gasteiger charge is 2.30. The maximum Gasteiger partial charge on any atom is 0.409 e. The van der Waals surface area contributed by atoms with Gasteiger partial charge in [-0.1, -0.05) is 6.07 Å². The molecule has 0 bridgehead atoms. The fourth-order valence-corrected chi connectivity index (χ4v) is 6.32. The molecular weight excluding hydrogens is 532 g/mol. The molecule has 0 atom stereocenters. The number of methoxy groups -OCH3 is 2. The summed E-state index contributed by atoms with van der Waals surface area (Å²) < 4.78 is 37.9. The van der Waals surface area contributed by atoms with Crippen molar-refractivity contribution < 1.29 is 32.3 Å². The molecule has 1 aliphatic rings. The lowest BCUT2D eigenvalue weighted by molar-refractivity contribution is 0.0962. The van der Waals surface area contributed by atoms with Gasteiger partial charge in [0.1, 0.15) is 10.8 Å². The van der Waals surface area contributed by atoms with Gasteiger partial charge in [0, 0.05) is 29.7 Å². The summed E-state index contributed by atoms with van der Waals surface area (Å²) in [7, 11) is 0.381. The molecule has 0 saturated heterocycles. The summed E-state index contributed by atoms with van der Waals surface area (Å²) in [6.07, 6.45) is -0.0348. The van der Waals surface area contributed by atoms with Crippen LogP contribution in [0, 0.1) is 0 Å². The van der Waals surface area contributed by atoms with Crippen LogP contribution in [0.3, 0.4) is 0 Å². The first-order valence-corrected chi connectivity index (χ1v) is 13.7. The minimum Gasteiger partial charge on any atom is -0.497 e. The minimum absolute atomic E-state index is 0.0357. The maximum atomic E-state index is 13.2. The SMILES string of the molecule is CNC(=O)c1c(NC(=O)c2cccc(NS(=O)(=O)c3ccc(OC)cc3)c2)sc2c1CCN(C(=O)OC)C2. The minimum atomic E-state index is -3.91. The van der Waals surface area contributed by atoms with Crippen LogP contribution in [-0.2, 0) is 27.7 Å². The second-order valence-electron chi connectivity index (χ2n) is 8.24. The van der Waals surface area contributed by atoms with E-state index in [4.69, 9.17) is 9.47 Å². The van der Waals surface area contributed by atoms with Crippen molar-refractivity contribution in [2.45, 2.75) is 17.9 Å². The van der Waals surface area contributed by atoms with Gasteiger partial charge in [-0.3, -0.25) is 14.3 Å². The number of amides is 3. The highest BCUT2D eigenvalue weighted by atomic mass is 32.2. The first-order chi connectivity index (χ1) is 18.2. The molecule has 2 aromatic carbocycles. The second kappa shape index (κ2) is 11.1. The van der Waals surface area contributed by atoms with Crippen LogP contribution in [0.2, 0.25) is 0 Å². The molecule has 200 valence electrons. The lowest BCUT2D eigenvalue weighted by atomic mass is 10.0. The summed E-state index contributed by atoms with van der Waals surface area (Å²) >= 11 is 1.21. The van der Waals surface area contributed by atoms with Gasteiger partial charge in [-0.2, -0.15) is 0 Å². The number of nitrogens with zero attached hydrogens (tertiary/aromatic N) is 1. The largest absolute Gasteiger partial charge is 0.497 e. The van der Waals surface area contributed by atoms with Crippen molar-refractivity contribution in [3.8, 4) is 5.75 Å². The number of ether oxygens (including phenoxy) is 2. The Morgan fingerprint density at radius 1 is 1.03 bits per heavy atom. The topological polar surface area (TPSA) is 143 Å². The molecule has 1 aromatic heterocycles. The summed E-state index contributed by atoms with van der Waals surface area (Å²) in [5.41, 5.74) is 1.50. The van der Waals surface area contributed by atoms with Gasteiger partial charge in [0.2, 0.25) is 0 Å². The average molecular weight is 559 g/mol. The Hall–Kier alpha value is -4.10. The number of sulfonamides is 1. The van der Waals surface area contributed by atoms with Gasteiger partial charge in [0.05, 0.1) is 31.2 Å². The lowest BCUT2D eigenvalue weighted by Gasteiger charge is -2.25. The smallest absolute Gasteiger partial charge is 0.409 e. The van der Waals surface area contributed by atoms with E-state index in [1.165, 1.54) is 80.0 Å². The Balaban J connectivity index is 1.56. The quantitative estimate of drug-likeness (QED) is 0.404. The molecule has 3 N–H and O–H groups in total. The van der Waals surface area contributed by atoms with Crippen molar-refractivity contribution in [3.05, 3.63) is 70.1 Å². The predicted molar refractivity (Wildman–Crippen MR) is 142 cm³/mol. The van der Waals surface area contributed by atoms with Crippen LogP contribution >= 0.6 is 11.3 Å². The molecule has 2 heterocycles. The lowest BCUT2D eigenvalue weighted by Crippen LogP contribution is -2.35. The van der Waals surface area contributed by atoms with E-state index in [1.54, 1.807) is 6.07 Å². The van der Waals surface area contributed by atoms with Crippen LogP contribution in [0.15, 0.2) is 53.4 Å². The number of rotatable bonds is 7.